The van der Waals surface area contributed by atoms with Gasteiger partial charge in [-0.1, -0.05) is 0 Å². The predicted octanol–water partition coefficient (Wildman–Crippen LogP) is 6.54. The Hall–Kier alpha value is -2.80. The van der Waals surface area contributed by atoms with Gasteiger partial charge in [0.05, 0.1) is 0 Å². The van der Waals surface area contributed by atoms with Crippen LogP contribution in [0.4, 0.5) is 0 Å². The molecule has 0 amide bonds. The first-order valence-corrected chi connectivity index (χ1v) is 24.8. The van der Waals surface area contributed by atoms with Crippen LogP contribution in [0.3, 0.4) is 0 Å². The number of ether oxygens (including phenoxy) is 2. The second-order valence-corrected chi connectivity index (χ2v) is 45.0. The number of hydrogen-bond acceptors (Lipinski definition) is 4. The molecule has 0 aliphatic carbocycles. The van der Waals surface area contributed by atoms with Gasteiger partial charge in [0.15, 0.2) is 0 Å². The molecular weight excluding hydrogens is 638 g/mol. The van der Waals surface area contributed by atoms with Gasteiger partial charge >= 0.3 is 256 Å². The quantitative estimate of drug-likeness (QED) is 0.121. The van der Waals surface area contributed by atoms with Crippen molar-refractivity contribution in [2.45, 2.75) is 45.6 Å². The Labute approximate surface area is 254 Å². The van der Waals surface area contributed by atoms with Crippen LogP contribution in [-0.4, -0.2) is 34.3 Å². The number of carbonyl (C=O) groups excluding carboxylic acids is 2. The zero-order valence-electron chi connectivity index (χ0n) is 24.9. The molecule has 0 bridgehead atoms. The van der Waals surface area contributed by atoms with Gasteiger partial charge in [-0.15, -0.1) is 0 Å². The van der Waals surface area contributed by atoms with Crippen molar-refractivity contribution in [2.75, 3.05) is 14.2 Å². The Kier molecular flexibility index (Phi) is 2.05. The van der Waals surface area contributed by atoms with Crippen molar-refractivity contribution in [3.05, 3.63) is 121 Å². The summed E-state index contributed by atoms with van der Waals surface area (Å²) in [6.45, 7) is -5.45. The number of carbonyl (C=O) groups is 2. The molecule has 0 aromatic heterocycles. The molecule has 10 fully saturated rings. The van der Waals surface area contributed by atoms with Crippen molar-refractivity contribution in [3.8, 4) is 0 Å². The number of esters is 2. The fourth-order valence-electron chi connectivity index (χ4n) is 23.0. The third-order valence-corrected chi connectivity index (χ3v) is 77.8. The fraction of sp³-hybridized carbons (Fsp3) is 0.316. The van der Waals surface area contributed by atoms with Gasteiger partial charge in [-0.2, -0.15) is 0 Å². The molecule has 9 unspecified atom stereocenters. The topological polar surface area (TPSA) is 52.6 Å². The Bertz CT molecular complexity index is 2350. The first-order valence-electron chi connectivity index (χ1n) is 16.0. The van der Waals surface area contributed by atoms with E-state index in [2.05, 4.69) is 121 Å². The van der Waals surface area contributed by atoms with Crippen molar-refractivity contribution in [3.63, 3.8) is 0 Å². The van der Waals surface area contributed by atoms with E-state index < -0.39 is 31.0 Å². The molecule has 10 aliphatic rings. The summed E-state index contributed by atoms with van der Waals surface area (Å²) in [7, 11) is 1.44. The molecule has 0 radical (unpaired) electrons. The number of fused-ring (bicyclic) bond motifs is 10. The predicted molar refractivity (Wildman–Crippen MR) is 176 cm³/mol. The summed E-state index contributed by atoms with van der Waals surface area (Å²) in [5.74, 6) is 0.115. The van der Waals surface area contributed by atoms with Crippen LogP contribution in [0, 0.1) is 0 Å². The van der Waals surface area contributed by atoms with E-state index in [9.17, 15) is 0 Å². The van der Waals surface area contributed by atoms with Gasteiger partial charge < -0.3 is 0 Å². The molecule has 0 saturated carbocycles. The second kappa shape index (κ2) is 3.93. The maximum atomic E-state index is 15.1. The van der Waals surface area contributed by atoms with Gasteiger partial charge in [0.25, 0.3) is 0 Å². The first kappa shape index (κ1) is 23.5. The Morgan fingerprint density at radius 1 is 0.511 bits per heavy atom. The zero-order chi connectivity index (χ0) is 30.0. The van der Waals surface area contributed by atoms with E-state index in [1.807, 2.05) is 0 Å². The van der Waals surface area contributed by atoms with E-state index in [0.29, 0.717) is 28.9 Å². The fourth-order valence-corrected chi connectivity index (χ4v) is 130. The number of benzene rings is 4. The normalized spacial score (nSPS) is 57.0. The summed E-state index contributed by atoms with van der Waals surface area (Å²) < 4.78 is 11.0. The average Bonchev–Trinajstić information content (AvgIpc) is 4.06. The van der Waals surface area contributed by atoms with Crippen LogP contribution in [0.15, 0.2) is 121 Å². The van der Waals surface area contributed by atoms with Gasteiger partial charge in [0, 0.05) is 0 Å². The van der Waals surface area contributed by atoms with Crippen LogP contribution in [0.5, 0.6) is 0 Å². The van der Waals surface area contributed by atoms with Gasteiger partial charge in [-0.3, -0.25) is 0 Å². The van der Waals surface area contributed by atoms with E-state index >= 15 is 9.59 Å². The summed E-state index contributed by atoms with van der Waals surface area (Å²) in [5.41, 5.74) is 0. The average molecular weight is 670 g/mol. The van der Waals surface area contributed by atoms with Crippen LogP contribution in [0.2, 0.25) is 37.5 Å². The maximum absolute atomic E-state index is 15.1. The molecule has 14 rings (SSSR count). The molecule has 4 aromatic carbocycles. The van der Waals surface area contributed by atoms with Crippen LogP contribution >= 0.6 is 15.8 Å². The van der Waals surface area contributed by atoms with E-state index in [1.165, 1.54) is 21.2 Å². The Balaban J connectivity index is 1.19. The van der Waals surface area contributed by atoms with Crippen molar-refractivity contribution < 1.29 is 25.6 Å². The molecule has 10 aliphatic heterocycles. The Morgan fingerprint density at radius 3 is 1.04 bits per heavy atom. The van der Waals surface area contributed by atoms with Crippen molar-refractivity contribution in [2.24, 2.45) is 0 Å². The molecular formula is C38H32FeO4P2. The summed E-state index contributed by atoms with van der Waals surface area (Å²) in [5, 5.41) is 5.48. The minimum atomic E-state index is -5.45. The summed E-state index contributed by atoms with van der Waals surface area (Å²) in [6, 6.07) is 44.4. The zero-order valence-corrected chi connectivity index (χ0v) is 27.8. The SMILES string of the molecule is COC(=O)[C]12[CH]3[CH]4[CH]5[C]1(P(c1ccccc1)c1ccccc1)[Fe]43521678[CH]2[CH]1[C]6(C(=O)OC)[C@@]7(P(c1ccccc1)c1ccccc1)[CH]28. The van der Waals surface area contributed by atoms with Gasteiger partial charge in [0.2, 0.25) is 0 Å². The monoisotopic (exact) mass is 670 g/mol. The third kappa shape index (κ3) is 0.591. The molecule has 226 valence electrons. The summed E-state index contributed by atoms with van der Waals surface area (Å²) >= 11 is 0. The number of hydrogen-bond donors (Lipinski definition) is 0. The molecule has 10 heterocycles. The molecule has 1 spiro atoms. The molecule has 7 heteroatoms. The minimum absolute atomic E-state index is 0.0575. The number of methoxy groups -OCH3 is 2. The van der Waals surface area contributed by atoms with Crippen molar-refractivity contribution in [1.82, 2.24) is 0 Å². The second-order valence-electron chi connectivity index (χ2n) is 16.8. The van der Waals surface area contributed by atoms with E-state index in [0.717, 1.165) is 0 Å². The van der Waals surface area contributed by atoms with E-state index in [4.69, 9.17) is 9.47 Å². The van der Waals surface area contributed by atoms with Crippen molar-refractivity contribution >= 4 is 49.0 Å². The van der Waals surface area contributed by atoms with Crippen LogP contribution in [0.1, 0.15) is 0 Å². The van der Waals surface area contributed by atoms with Gasteiger partial charge in [0.1, 0.15) is 0 Å². The van der Waals surface area contributed by atoms with Gasteiger partial charge in [-0.25, -0.2) is 0 Å². The number of rotatable bonds is 8. The molecule has 10 saturated heterocycles. The molecule has 4 aromatic rings. The van der Waals surface area contributed by atoms with Gasteiger partial charge in [-0.05, 0) is 0 Å². The summed E-state index contributed by atoms with van der Waals surface area (Å²) in [6.07, 6.45) is 0. The first-order chi connectivity index (χ1) is 21.9. The van der Waals surface area contributed by atoms with E-state index in [-0.39, 0.29) is 20.0 Å². The van der Waals surface area contributed by atoms with Crippen LogP contribution in [-0.2, 0) is 25.6 Å². The molecule has 4 nitrogen and oxygen atoms in total. The molecule has 10 atom stereocenters. The molecule has 45 heavy (non-hydrogen) atoms. The standard InChI is InChI=1S/2C19H16O2P.Fe/c2*1-21-19(20)17-13-8-14-18(17)22(15-9-4-2-5-10-15)16-11-6-3-7-12-16;/h2*2-14H,1H3;. The van der Waals surface area contributed by atoms with Crippen molar-refractivity contribution in [1.29, 1.82) is 0 Å². The van der Waals surface area contributed by atoms with E-state index in [1.54, 1.807) is 14.2 Å². The van der Waals surface area contributed by atoms with Crippen LogP contribution in [0.25, 0.3) is 0 Å². The molecule has 0 N–H and O–H groups in total. The Morgan fingerprint density at radius 2 is 0.800 bits per heavy atom. The van der Waals surface area contributed by atoms with Crippen LogP contribution < -0.4 is 21.2 Å². The summed E-state index contributed by atoms with van der Waals surface area (Å²) in [4.78, 5) is 33.4. The third-order valence-electron chi connectivity index (χ3n) is 20.7.